The number of amides is 1. The predicted octanol–water partition coefficient (Wildman–Crippen LogP) is 4.12. The molecule has 0 atom stereocenters. The molecule has 1 aliphatic rings. The summed E-state index contributed by atoms with van der Waals surface area (Å²) in [6.45, 7) is 1.03. The summed E-state index contributed by atoms with van der Waals surface area (Å²) in [6, 6.07) is 14.1. The van der Waals surface area contributed by atoms with E-state index in [1.807, 2.05) is 12.1 Å². The lowest BCUT2D eigenvalue weighted by molar-refractivity contribution is -0.0211. The molecule has 5 heteroatoms. The summed E-state index contributed by atoms with van der Waals surface area (Å²) in [6.07, 6.45) is 1.02. The molecular formula is C18H17Cl2NO2. The van der Waals surface area contributed by atoms with Gasteiger partial charge in [0.25, 0.3) is 5.91 Å². The van der Waals surface area contributed by atoms with E-state index in [4.69, 9.17) is 23.2 Å². The van der Waals surface area contributed by atoms with E-state index in [9.17, 15) is 9.90 Å². The van der Waals surface area contributed by atoms with Gasteiger partial charge < -0.3 is 10.0 Å². The van der Waals surface area contributed by atoms with Crippen molar-refractivity contribution in [2.45, 2.75) is 18.4 Å². The molecule has 3 nitrogen and oxygen atoms in total. The second kappa shape index (κ2) is 6.52. The summed E-state index contributed by atoms with van der Waals surface area (Å²) >= 11 is 11.7. The highest BCUT2D eigenvalue weighted by Crippen LogP contribution is 2.33. The maximum absolute atomic E-state index is 12.5. The molecule has 23 heavy (non-hydrogen) atoms. The fourth-order valence-corrected chi connectivity index (χ4v) is 3.16. The lowest BCUT2D eigenvalue weighted by atomic mass is 9.84. The number of nitrogens with zero attached hydrogens (tertiary/aromatic N) is 1. The van der Waals surface area contributed by atoms with Crippen LogP contribution >= 0.6 is 23.2 Å². The Bertz CT molecular complexity index is 690. The van der Waals surface area contributed by atoms with Gasteiger partial charge in [-0.3, -0.25) is 4.79 Å². The number of halogens is 2. The minimum Gasteiger partial charge on any atom is -0.385 e. The second-order valence-corrected chi connectivity index (χ2v) is 6.71. The predicted molar refractivity (Wildman–Crippen MR) is 91.9 cm³/mol. The van der Waals surface area contributed by atoms with E-state index in [1.54, 1.807) is 41.3 Å². The molecule has 1 aliphatic heterocycles. The molecule has 2 aromatic carbocycles. The van der Waals surface area contributed by atoms with Gasteiger partial charge in [0, 0.05) is 28.7 Å². The molecule has 0 spiro atoms. The quantitative estimate of drug-likeness (QED) is 0.885. The van der Waals surface area contributed by atoms with Gasteiger partial charge in [0.1, 0.15) is 0 Å². The third-order valence-corrected chi connectivity index (χ3v) is 4.85. The average molecular weight is 350 g/mol. The van der Waals surface area contributed by atoms with Crippen molar-refractivity contribution in [2.24, 2.45) is 0 Å². The van der Waals surface area contributed by atoms with Crippen molar-refractivity contribution in [2.75, 3.05) is 13.1 Å². The Kier molecular flexibility index (Phi) is 4.62. The Balaban J connectivity index is 1.69. The van der Waals surface area contributed by atoms with Crippen LogP contribution in [0.5, 0.6) is 0 Å². The van der Waals surface area contributed by atoms with Gasteiger partial charge in [-0.25, -0.2) is 0 Å². The molecule has 0 aromatic heterocycles. The zero-order valence-corrected chi connectivity index (χ0v) is 14.0. The van der Waals surface area contributed by atoms with Crippen LogP contribution in [0.2, 0.25) is 10.0 Å². The van der Waals surface area contributed by atoms with Crippen LogP contribution in [0, 0.1) is 0 Å². The molecule has 3 rings (SSSR count). The normalized spacial score (nSPS) is 17.1. The molecule has 120 valence electrons. The van der Waals surface area contributed by atoms with E-state index < -0.39 is 5.60 Å². The van der Waals surface area contributed by atoms with E-state index in [2.05, 4.69) is 0 Å². The molecule has 1 heterocycles. The highest BCUT2D eigenvalue weighted by molar-refractivity contribution is 6.30. The largest absolute Gasteiger partial charge is 0.385 e. The molecule has 0 radical (unpaired) electrons. The molecule has 0 unspecified atom stereocenters. The zero-order chi connectivity index (χ0) is 16.4. The van der Waals surface area contributed by atoms with Crippen LogP contribution in [0.3, 0.4) is 0 Å². The Morgan fingerprint density at radius 2 is 1.39 bits per heavy atom. The number of rotatable bonds is 2. The molecule has 1 amide bonds. The van der Waals surface area contributed by atoms with Gasteiger partial charge in [0.05, 0.1) is 5.60 Å². The minimum absolute atomic E-state index is 0.0279. The van der Waals surface area contributed by atoms with Gasteiger partial charge in [-0.2, -0.15) is 0 Å². The fraction of sp³-hybridized carbons (Fsp3) is 0.278. The summed E-state index contributed by atoms with van der Waals surface area (Å²) in [7, 11) is 0. The van der Waals surface area contributed by atoms with Crippen LogP contribution in [0.4, 0.5) is 0 Å². The van der Waals surface area contributed by atoms with E-state index in [0.29, 0.717) is 41.5 Å². The molecule has 1 N–H and O–H groups in total. The van der Waals surface area contributed by atoms with Gasteiger partial charge in [-0.05, 0) is 54.8 Å². The molecule has 1 fully saturated rings. The topological polar surface area (TPSA) is 40.5 Å². The van der Waals surface area contributed by atoms with Crippen molar-refractivity contribution in [1.29, 1.82) is 0 Å². The van der Waals surface area contributed by atoms with Gasteiger partial charge >= 0.3 is 0 Å². The van der Waals surface area contributed by atoms with Gasteiger partial charge in [-0.1, -0.05) is 35.3 Å². The minimum atomic E-state index is -0.901. The van der Waals surface area contributed by atoms with E-state index in [0.717, 1.165) is 5.56 Å². The van der Waals surface area contributed by atoms with Crippen molar-refractivity contribution in [3.8, 4) is 0 Å². The third-order valence-electron chi connectivity index (χ3n) is 4.35. The van der Waals surface area contributed by atoms with Crippen LogP contribution in [0.15, 0.2) is 48.5 Å². The van der Waals surface area contributed by atoms with Crippen molar-refractivity contribution in [3.05, 3.63) is 69.7 Å². The summed E-state index contributed by atoms with van der Waals surface area (Å²) in [4.78, 5) is 14.3. The number of aliphatic hydroxyl groups is 1. The maximum Gasteiger partial charge on any atom is 0.253 e. The Hall–Kier alpha value is -1.55. The molecule has 0 saturated carbocycles. The van der Waals surface area contributed by atoms with Gasteiger partial charge in [0.15, 0.2) is 0 Å². The maximum atomic E-state index is 12.5. The zero-order valence-electron chi connectivity index (χ0n) is 12.5. The Morgan fingerprint density at radius 3 is 1.91 bits per heavy atom. The lowest BCUT2D eigenvalue weighted by Crippen LogP contribution is -2.45. The van der Waals surface area contributed by atoms with Crippen molar-refractivity contribution < 1.29 is 9.90 Å². The number of carbonyl (C=O) groups is 1. The average Bonchev–Trinajstić information content (AvgIpc) is 2.56. The van der Waals surface area contributed by atoms with Crippen LogP contribution in [-0.2, 0) is 5.60 Å². The molecule has 2 aromatic rings. The fourth-order valence-electron chi connectivity index (χ4n) is 2.90. The SMILES string of the molecule is O=C(c1ccc(Cl)cc1)N1CCC(O)(c2ccc(Cl)cc2)CC1. The standard InChI is InChI=1S/C18H17Cl2NO2/c19-15-5-1-13(2-6-15)17(22)21-11-9-18(23,10-12-21)14-3-7-16(20)8-4-14/h1-8,23H,9-12H2. The first-order valence-electron chi connectivity index (χ1n) is 7.51. The first-order chi connectivity index (χ1) is 11.0. The van der Waals surface area contributed by atoms with Gasteiger partial charge in [-0.15, -0.1) is 0 Å². The van der Waals surface area contributed by atoms with Crippen molar-refractivity contribution in [3.63, 3.8) is 0 Å². The summed E-state index contributed by atoms with van der Waals surface area (Å²) < 4.78 is 0. The smallest absolute Gasteiger partial charge is 0.253 e. The number of hydrogen-bond acceptors (Lipinski definition) is 2. The van der Waals surface area contributed by atoms with E-state index >= 15 is 0 Å². The highest BCUT2D eigenvalue weighted by Gasteiger charge is 2.35. The van der Waals surface area contributed by atoms with Crippen LogP contribution < -0.4 is 0 Å². The van der Waals surface area contributed by atoms with Crippen LogP contribution in [-0.4, -0.2) is 29.0 Å². The first-order valence-corrected chi connectivity index (χ1v) is 8.27. The molecule has 0 aliphatic carbocycles. The van der Waals surface area contributed by atoms with E-state index in [-0.39, 0.29) is 5.91 Å². The Labute approximate surface area is 145 Å². The highest BCUT2D eigenvalue weighted by atomic mass is 35.5. The third kappa shape index (κ3) is 3.52. The number of likely N-dealkylation sites (tertiary alicyclic amines) is 1. The first kappa shape index (κ1) is 16.3. The number of hydrogen-bond donors (Lipinski definition) is 1. The Morgan fingerprint density at radius 1 is 0.913 bits per heavy atom. The van der Waals surface area contributed by atoms with Crippen molar-refractivity contribution >= 4 is 29.1 Å². The van der Waals surface area contributed by atoms with Crippen LogP contribution in [0.1, 0.15) is 28.8 Å². The molecular weight excluding hydrogens is 333 g/mol. The lowest BCUT2D eigenvalue weighted by Gasteiger charge is -2.38. The molecule has 0 bridgehead atoms. The number of carbonyl (C=O) groups excluding carboxylic acids is 1. The summed E-state index contributed by atoms with van der Waals surface area (Å²) in [5, 5.41) is 12.1. The second-order valence-electron chi connectivity index (χ2n) is 5.84. The van der Waals surface area contributed by atoms with Crippen LogP contribution in [0.25, 0.3) is 0 Å². The summed E-state index contributed by atoms with van der Waals surface area (Å²) in [5.74, 6) is -0.0279. The number of piperidine rings is 1. The van der Waals surface area contributed by atoms with E-state index in [1.165, 1.54) is 0 Å². The number of benzene rings is 2. The van der Waals surface area contributed by atoms with Crippen molar-refractivity contribution in [1.82, 2.24) is 4.90 Å². The van der Waals surface area contributed by atoms with Gasteiger partial charge in [0.2, 0.25) is 0 Å². The molecule has 1 saturated heterocycles. The summed E-state index contributed by atoms with van der Waals surface area (Å²) in [5.41, 5.74) is 0.563. The monoisotopic (exact) mass is 349 g/mol.